The van der Waals surface area contributed by atoms with Gasteiger partial charge in [-0.25, -0.2) is 4.79 Å². The summed E-state index contributed by atoms with van der Waals surface area (Å²) in [4.78, 5) is 29.9. The van der Waals surface area contributed by atoms with Gasteiger partial charge >= 0.3 is 5.97 Å². The van der Waals surface area contributed by atoms with Crippen LogP contribution in [-0.2, 0) is 13.0 Å². The van der Waals surface area contributed by atoms with Gasteiger partial charge in [-0.05, 0) is 24.3 Å². The summed E-state index contributed by atoms with van der Waals surface area (Å²) in [7, 11) is 1.55. The molecule has 2 heterocycles. The third kappa shape index (κ3) is 2.88. The molecule has 0 saturated heterocycles. The topological polar surface area (TPSA) is 79.7 Å². The molecule has 1 aliphatic heterocycles. The molecular formula is C17H16N2O4. The van der Waals surface area contributed by atoms with E-state index in [4.69, 9.17) is 4.74 Å². The summed E-state index contributed by atoms with van der Waals surface area (Å²) in [5.74, 6) is -0.532. The van der Waals surface area contributed by atoms with Gasteiger partial charge in [0, 0.05) is 42.5 Å². The molecular weight excluding hydrogens is 296 g/mol. The molecule has 0 radical (unpaired) electrons. The lowest BCUT2D eigenvalue weighted by Crippen LogP contribution is -2.37. The molecule has 118 valence electrons. The Balaban J connectivity index is 1.89. The van der Waals surface area contributed by atoms with Crippen LogP contribution in [0.25, 0.3) is 0 Å². The Morgan fingerprint density at radius 1 is 1.30 bits per heavy atom. The molecule has 23 heavy (non-hydrogen) atoms. The average Bonchev–Trinajstić information content (AvgIpc) is 2.60. The van der Waals surface area contributed by atoms with Gasteiger partial charge < -0.3 is 14.7 Å². The lowest BCUT2D eigenvalue weighted by molar-refractivity contribution is 0.0676. The van der Waals surface area contributed by atoms with Gasteiger partial charge in [0.05, 0.1) is 12.7 Å². The fourth-order valence-corrected chi connectivity index (χ4v) is 2.75. The number of carbonyl (C=O) groups is 2. The summed E-state index contributed by atoms with van der Waals surface area (Å²) in [6.45, 7) is 0.764. The second-order valence-corrected chi connectivity index (χ2v) is 5.30. The number of ether oxygens (including phenoxy) is 1. The van der Waals surface area contributed by atoms with Gasteiger partial charge in [-0.2, -0.15) is 0 Å². The lowest BCUT2D eigenvalue weighted by atomic mass is 9.99. The molecule has 0 spiro atoms. The Hall–Kier alpha value is -2.89. The molecule has 1 aromatic carbocycles. The van der Waals surface area contributed by atoms with Gasteiger partial charge in [-0.1, -0.05) is 6.07 Å². The number of pyridine rings is 1. The summed E-state index contributed by atoms with van der Waals surface area (Å²) >= 11 is 0. The normalized spacial score (nSPS) is 13.3. The second-order valence-electron chi connectivity index (χ2n) is 5.30. The van der Waals surface area contributed by atoms with Gasteiger partial charge in [0.1, 0.15) is 5.75 Å². The van der Waals surface area contributed by atoms with Crippen molar-refractivity contribution in [2.75, 3.05) is 13.7 Å². The number of hydrogen-bond donors (Lipinski definition) is 1. The minimum absolute atomic E-state index is 0.144. The van der Waals surface area contributed by atoms with Crippen LogP contribution in [0.5, 0.6) is 5.75 Å². The van der Waals surface area contributed by atoms with Crippen LogP contribution in [-0.4, -0.2) is 40.5 Å². The predicted molar refractivity (Wildman–Crippen MR) is 82.6 cm³/mol. The van der Waals surface area contributed by atoms with Crippen molar-refractivity contribution in [1.82, 2.24) is 9.88 Å². The Kier molecular flexibility index (Phi) is 3.97. The van der Waals surface area contributed by atoms with Crippen molar-refractivity contribution in [2.45, 2.75) is 13.0 Å². The third-order valence-electron chi connectivity index (χ3n) is 3.95. The van der Waals surface area contributed by atoms with E-state index in [1.165, 1.54) is 12.3 Å². The number of carbonyl (C=O) groups excluding carboxylic acids is 1. The molecule has 1 N–H and O–H groups in total. The highest BCUT2D eigenvalue weighted by molar-refractivity contribution is 5.95. The van der Waals surface area contributed by atoms with Crippen LogP contribution in [0.2, 0.25) is 0 Å². The number of benzene rings is 1. The molecule has 3 rings (SSSR count). The summed E-state index contributed by atoms with van der Waals surface area (Å²) in [6.07, 6.45) is 2.05. The predicted octanol–water partition coefficient (Wildman–Crippen LogP) is 1.99. The first-order chi connectivity index (χ1) is 11.1. The van der Waals surface area contributed by atoms with Crippen LogP contribution in [0.3, 0.4) is 0 Å². The highest BCUT2D eigenvalue weighted by Gasteiger charge is 2.26. The molecule has 1 aromatic heterocycles. The molecule has 6 heteroatoms. The van der Waals surface area contributed by atoms with Crippen LogP contribution < -0.4 is 4.74 Å². The van der Waals surface area contributed by atoms with Crippen molar-refractivity contribution >= 4 is 11.9 Å². The lowest BCUT2D eigenvalue weighted by Gasteiger charge is -2.29. The van der Waals surface area contributed by atoms with E-state index in [1.807, 2.05) is 0 Å². The van der Waals surface area contributed by atoms with E-state index in [-0.39, 0.29) is 18.0 Å². The smallest absolute Gasteiger partial charge is 0.336 e. The fourth-order valence-electron chi connectivity index (χ4n) is 2.75. The monoisotopic (exact) mass is 312 g/mol. The van der Waals surface area contributed by atoms with Gasteiger partial charge in [-0.3, -0.25) is 9.78 Å². The first kappa shape index (κ1) is 15.0. The number of methoxy groups -OCH3 is 1. The zero-order chi connectivity index (χ0) is 16.4. The highest BCUT2D eigenvalue weighted by Crippen LogP contribution is 2.23. The van der Waals surface area contributed by atoms with Crippen molar-refractivity contribution in [3.63, 3.8) is 0 Å². The summed E-state index contributed by atoms with van der Waals surface area (Å²) in [5, 5.41) is 9.30. The molecule has 0 fully saturated rings. The van der Waals surface area contributed by atoms with E-state index < -0.39 is 5.97 Å². The van der Waals surface area contributed by atoms with Crippen molar-refractivity contribution < 1.29 is 19.4 Å². The van der Waals surface area contributed by atoms with E-state index in [2.05, 4.69) is 4.98 Å². The number of carboxylic acids is 1. The SMILES string of the molecule is COc1cccc(C(=O)N2CCc3nccc(C(=O)O)c3C2)c1. The molecule has 1 aliphatic rings. The summed E-state index contributed by atoms with van der Waals surface area (Å²) < 4.78 is 5.14. The molecule has 0 atom stereocenters. The Morgan fingerprint density at radius 3 is 2.87 bits per heavy atom. The molecule has 2 aromatic rings. The molecule has 0 saturated carbocycles. The van der Waals surface area contributed by atoms with Crippen molar-refractivity contribution in [3.8, 4) is 5.75 Å². The van der Waals surface area contributed by atoms with Crippen molar-refractivity contribution in [3.05, 3.63) is 58.9 Å². The summed E-state index contributed by atoms with van der Waals surface area (Å²) in [6, 6.07) is 8.41. The summed E-state index contributed by atoms with van der Waals surface area (Å²) in [5.41, 5.74) is 2.09. The van der Waals surface area contributed by atoms with E-state index in [9.17, 15) is 14.7 Å². The number of rotatable bonds is 3. The number of nitrogens with zero attached hydrogens (tertiary/aromatic N) is 2. The molecule has 0 unspecified atom stereocenters. The van der Waals surface area contributed by atoms with E-state index in [1.54, 1.807) is 36.3 Å². The standard InChI is InChI=1S/C17H16N2O4/c1-23-12-4-2-3-11(9-12)16(20)19-8-6-15-14(10-19)13(17(21)22)5-7-18-15/h2-5,7,9H,6,8,10H2,1H3,(H,21,22). The maximum absolute atomic E-state index is 12.7. The zero-order valence-electron chi connectivity index (χ0n) is 12.7. The second kappa shape index (κ2) is 6.08. The number of hydrogen-bond acceptors (Lipinski definition) is 4. The molecule has 1 amide bonds. The Bertz CT molecular complexity index is 773. The van der Waals surface area contributed by atoms with Gasteiger partial charge in [-0.15, -0.1) is 0 Å². The highest BCUT2D eigenvalue weighted by atomic mass is 16.5. The zero-order valence-corrected chi connectivity index (χ0v) is 12.7. The molecule has 0 aliphatic carbocycles. The number of aromatic nitrogens is 1. The van der Waals surface area contributed by atoms with Crippen LogP contribution in [0.4, 0.5) is 0 Å². The van der Waals surface area contributed by atoms with Crippen LogP contribution >= 0.6 is 0 Å². The van der Waals surface area contributed by atoms with Crippen LogP contribution in [0.1, 0.15) is 32.0 Å². The molecule has 6 nitrogen and oxygen atoms in total. The first-order valence-electron chi connectivity index (χ1n) is 7.23. The number of carboxylic acid groups (broad SMARTS) is 1. The van der Waals surface area contributed by atoms with E-state index in [0.717, 1.165) is 5.69 Å². The van der Waals surface area contributed by atoms with Crippen molar-refractivity contribution in [2.24, 2.45) is 0 Å². The average molecular weight is 312 g/mol. The largest absolute Gasteiger partial charge is 0.497 e. The van der Waals surface area contributed by atoms with Gasteiger partial charge in [0.2, 0.25) is 0 Å². The van der Waals surface area contributed by atoms with E-state index >= 15 is 0 Å². The van der Waals surface area contributed by atoms with E-state index in [0.29, 0.717) is 29.8 Å². The van der Waals surface area contributed by atoms with Gasteiger partial charge in [0.15, 0.2) is 0 Å². The number of aromatic carboxylic acids is 1. The van der Waals surface area contributed by atoms with Crippen LogP contribution in [0.15, 0.2) is 36.5 Å². The Morgan fingerprint density at radius 2 is 2.13 bits per heavy atom. The quantitative estimate of drug-likeness (QED) is 0.937. The minimum atomic E-state index is -1.00. The first-order valence-corrected chi connectivity index (χ1v) is 7.23. The Labute approximate surface area is 133 Å². The van der Waals surface area contributed by atoms with Gasteiger partial charge in [0.25, 0.3) is 5.91 Å². The fraction of sp³-hybridized carbons (Fsp3) is 0.235. The third-order valence-corrected chi connectivity index (χ3v) is 3.95. The maximum atomic E-state index is 12.7. The van der Waals surface area contributed by atoms with Crippen molar-refractivity contribution in [1.29, 1.82) is 0 Å². The minimum Gasteiger partial charge on any atom is -0.497 e. The number of amides is 1. The number of fused-ring (bicyclic) bond motifs is 1. The molecule has 0 bridgehead atoms. The van der Waals surface area contributed by atoms with Crippen LogP contribution in [0, 0.1) is 0 Å². The maximum Gasteiger partial charge on any atom is 0.336 e.